The molecule has 0 aromatic carbocycles. The molecule has 0 atom stereocenters. The molecule has 1 aromatic rings. The molecule has 0 aliphatic heterocycles. The number of aromatic nitrogens is 2. The van der Waals surface area contributed by atoms with Gasteiger partial charge >= 0.3 is 0 Å². The third kappa shape index (κ3) is 5.65. The van der Waals surface area contributed by atoms with Crippen molar-refractivity contribution in [1.29, 1.82) is 0 Å². The van der Waals surface area contributed by atoms with Crippen LogP contribution in [0.5, 0.6) is 0 Å². The van der Waals surface area contributed by atoms with Gasteiger partial charge in [-0.25, -0.2) is 0 Å². The number of aryl methyl sites for hydroxylation is 1. The van der Waals surface area contributed by atoms with E-state index in [9.17, 15) is 0 Å². The van der Waals surface area contributed by atoms with Crippen molar-refractivity contribution in [3.8, 4) is 0 Å². The summed E-state index contributed by atoms with van der Waals surface area (Å²) in [7, 11) is 4.12. The number of nitrogens with zero attached hydrogens (tertiary/aromatic N) is 3. The maximum absolute atomic E-state index is 5.73. The Morgan fingerprint density at radius 2 is 2.11 bits per heavy atom. The fourth-order valence-corrected chi connectivity index (χ4v) is 2.03. The lowest BCUT2D eigenvalue weighted by Gasteiger charge is -2.23. The average molecular weight is 252 g/mol. The lowest BCUT2D eigenvalue weighted by atomic mass is 9.87. The van der Waals surface area contributed by atoms with Crippen LogP contribution in [0.15, 0.2) is 12.4 Å². The molecular weight excluding hydrogens is 224 g/mol. The van der Waals surface area contributed by atoms with Crippen LogP contribution in [-0.2, 0) is 13.6 Å². The molecule has 0 fully saturated rings. The van der Waals surface area contributed by atoms with Crippen LogP contribution >= 0.6 is 0 Å². The zero-order valence-electron chi connectivity index (χ0n) is 12.3. The maximum Gasteiger partial charge on any atom is 0.0534 e. The van der Waals surface area contributed by atoms with Crippen LogP contribution in [0.25, 0.3) is 0 Å². The second-order valence-corrected chi connectivity index (χ2v) is 6.09. The standard InChI is InChI=1S/C14H28N4/c1-14(2,12-15)7-5-6-8-17(3)10-13-9-16-18(4)11-13/h9,11H,5-8,10,12,15H2,1-4H3. The van der Waals surface area contributed by atoms with Gasteiger partial charge in [0, 0.05) is 25.4 Å². The molecule has 4 heteroatoms. The van der Waals surface area contributed by atoms with E-state index in [0.717, 1.165) is 19.6 Å². The molecule has 0 aliphatic carbocycles. The van der Waals surface area contributed by atoms with Crippen LogP contribution in [-0.4, -0.2) is 34.8 Å². The molecular formula is C14H28N4. The second-order valence-electron chi connectivity index (χ2n) is 6.09. The molecule has 0 saturated heterocycles. The van der Waals surface area contributed by atoms with Gasteiger partial charge in [0.15, 0.2) is 0 Å². The molecule has 0 spiro atoms. The first kappa shape index (κ1) is 15.2. The first-order valence-corrected chi connectivity index (χ1v) is 6.79. The van der Waals surface area contributed by atoms with Gasteiger partial charge in [-0.1, -0.05) is 20.3 Å². The molecule has 1 aromatic heterocycles. The van der Waals surface area contributed by atoms with Crippen LogP contribution in [0.1, 0.15) is 38.7 Å². The van der Waals surface area contributed by atoms with Crippen LogP contribution < -0.4 is 5.73 Å². The summed E-state index contributed by atoms with van der Waals surface area (Å²) in [5, 5.41) is 4.19. The van der Waals surface area contributed by atoms with Gasteiger partial charge in [-0.3, -0.25) is 4.68 Å². The zero-order chi connectivity index (χ0) is 13.6. The van der Waals surface area contributed by atoms with E-state index in [4.69, 9.17) is 5.73 Å². The largest absolute Gasteiger partial charge is 0.330 e. The highest BCUT2D eigenvalue weighted by molar-refractivity contribution is 5.02. The van der Waals surface area contributed by atoms with Crippen molar-refractivity contribution in [3.05, 3.63) is 18.0 Å². The highest BCUT2D eigenvalue weighted by Crippen LogP contribution is 2.21. The first-order valence-electron chi connectivity index (χ1n) is 6.79. The minimum Gasteiger partial charge on any atom is -0.330 e. The summed E-state index contributed by atoms with van der Waals surface area (Å²) in [5.74, 6) is 0. The van der Waals surface area contributed by atoms with Crippen LogP contribution in [0.2, 0.25) is 0 Å². The molecule has 2 N–H and O–H groups in total. The number of unbranched alkanes of at least 4 members (excludes halogenated alkanes) is 1. The number of hydrogen-bond acceptors (Lipinski definition) is 3. The summed E-state index contributed by atoms with van der Waals surface area (Å²) in [6, 6.07) is 0. The quantitative estimate of drug-likeness (QED) is 0.720. The average Bonchev–Trinajstić information content (AvgIpc) is 2.70. The SMILES string of the molecule is CN(CCCCC(C)(C)CN)Cc1cnn(C)c1. The number of hydrogen-bond donors (Lipinski definition) is 1. The van der Waals surface area contributed by atoms with E-state index in [0.29, 0.717) is 5.41 Å². The molecule has 0 saturated carbocycles. The van der Waals surface area contributed by atoms with E-state index in [2.05, 4.69) is 37.1 Å². The summed E-state index contributed by atoms with van der Waals surface area (Å²) in [6.07, 6.45) is 7.72. The van der Waals surface area contributed by atoms with Crippen molar-refractivity contribution in [3.63, 3.8) is 0 Å². The van der Waals surface area contributed by atoms with E-state index < -0.39 is 0 Å². The molecule has 0 radical (unpaired) electrons. The van der Waals surface area contributed by atoms with Crippen LogP contribution in [0.3, 0.4) is 0 Å². The molecule has 18 heavy (non-hydrogen) atoms. The maximum atomic E-state index is 5.73. The Bertz CT molecular complexity index is 343. The van der Waals surface area contributed by atoms with Crippen molar-refractivity contribution < 1.29 is 0 Å². The topological polar surface area (TPSA) is 47.1 Å². The molecule has 1 heterocycles. The third-order valence-electron chi connectivity index (χ3n) is 3.41. The van der Waals surface area contributed by atoms with Gasteiger partial charge in [-0.2, -0.15) is 5.10 Å². The Labute approximate surface area is 111 Å². The fourth-order valence-electron chi connectivity index (χ4n) is 2.03. The van der Waals surface area contributed by atoms with Gasteiger partial charge in [-0.05, 0) is 38.4 Å². The van der Waals surface area contributed by atoms with E-state index >= 15 is 0 Å². The van der Waals surface area contributed by atoms with E-state index in [1.165, 1.54) is 24.8 Å². The smallest absolute Gasteiger partial charge is 0.0534 e. The normalized spacial score (nSPS) is 12.3. The molecule has 1 rings (SSSR count). The van der Waals surface area contributed by atoms with E-state index in [-0.39, 0.29) is 0 Å². The lowest BCUT2D eigenvalue weighted by Crippen LogP contribution is -2.24. The van der Waals surface area contributed by atoms with Crippen molar-refractivity contribution in [2.75, 3.05) is 20.1 Å². The minimum absolute atomic E-state index is 0.294. The van der Waals surface area contributed by atoms with Crippen LogP contribution in [0.4, 0.5) is 0 Å². The van der Waals surface area contributed by atoms with Crippen LogP contribution in [0, 0.1) is 5.41 Å². The summed E-state index contributed by atoms with van der Waals surface area (Å²) in [4.78, 5) is 2.35. The number of nitrogens with two attached hydrogens (primary N) is 1. The summed E-state index contributed by atoms with van der Waals surface area (Å²) < 4.78 is 1.85. The zero-order valence-corrected chi connectivity index (χ0v) is 12.3. The summed E-state index contributed by atoms with van der Waals surface area (Å²) in [6.45, 7) is 7.38. The van der Waals surface area contributed by atoms with Gasteiger partial charge in [0.05, 0.1) is 6.20 Å². The van der Waals surface area contributed by atoms with Crippen molar-refractivity contribution >= 4 is 0 Å². The van der Waals surface area contributed by atoms with Gasteiger partial charge < -0.3 is 10.6 Å². The van der Waals surface area contributed by atoms with Crippen molar-refractivity contribution in [1.82, 2.24) is 14.7 Å². The highest BCUT2D eigenvalue weighted by Gasteiger charge is 2.14. The highest BCUT2D eigenvalue weighted by atomic mass is 15.2. The fraction of sp³-hybridized carbons (Fsp3) is 0.786. The summed E-state index contributed by atoms with van der Waals surface area (Å²) in [5.41, 5.74) is 7.31. The van der Waals surface area contributed by atoms with E-state index in [1.807, 2.05) is 17.9 Å². The van der Waals surface area contributed by atoms with E-state index in [1.54, 1.807) is 0 Å². The lowest BCUT2D eigenvalue weighted by molar-refractivity contribution is 0.289. The Morgan fingerprint density at radius 3 is 2.67 bits per heavy atom. The predicted octanol–water partition coefficient (Wildman–Crippen LogP) is 2.01. The van der Waals surface area contributed by atoms with Gasteiger partial charge in [0.25, 0.3) is 0 Å². The second kappa shape index (κ2) is 6.90. The Kier molecular flexibility index (Phi) is 5.82. The Hall–Kier alpha value is -0.870. The molecule has 0 amide bonds. The summed E-state index contributed by atoms with van der Waals surface area (Å²) >= 11 is 0. The molecule has 0 bridgehead atoms. The first-order chi connectivity index (χ1) is 8.43. The van der Waals surface area contributed by atoms with Gasteiger partial charge in [0.2, 0.25) is 0 Å². The molecule has 104 valence electrons. The predicted molar refractivity (Wildman–Crippen MR) is 76.2 cm³/mol. The molecule has 4 nitrogen and oxygen atoms in total. The third-order valence-corrected chi connectivity index (χ3v) is 3.41. The van der Waals surface area contributed by atoms with Crippen molar-refractivity contribution in [2.45, 2.75) is 39.7 Å². The van der Waals surface area contributed by atoms with Gasteiger partial charge in [-0.15, -0.1) is 0 Å². The monoisotopic (exact) mass is 252 g/mol. The molecule has 0 unspecified atom stereocenters. The molecule has 0 aliphatic rings. The Balaban J connectivity index is 2.16. The van der Waals surface area contributed by atoms with Gasteiger partial charge in [0.1, 0.15) is 0 Å². The minimum atomic E-state index is 0.294. The Morgan fingerprint density at radius 1 is 1.39 bits per heavy atom. The number of rotatable bonds is 8. The van der Waals surface area contributed by atoms with Crippen molar-refractivity contribution in [2.24, 2.45) is 18.2 Å².